The Labute approximate surface area is 458 Å². The first-order chi connectivity index (χ1) is 36.2. The second-order valence-electron chi connectivity index (χ2n) is 22.9. The predicted molar refractivity (Wildman–Crippen MR) is 327 cm³/mol. The Bertz CT molecular complexity index is 1160. The summed E-state index contributed by atoms with van der Waals surface area (Å²) in [6.07, 6.45) is 90.5. The van der Waals surface area contributed by atoms with Gasteiger partial charge in [-0.1, -0.05) is 345 Å². The van der Waals surface area contributed by atoms with E-state index in [0.29, 0.717) is 6.42 Å². The summed E-state index contributed by atoms with van der Waals surface area (Å²) in [6.45, 7) is 4.33. The molecular formula is C69H131NO3. The van der Waals surface area contributed by atoms with Gasteiger partial charge >= 0.3 is 0 Å². The molecule has 0 bridgehead atoms. The van der Waals surface area contributed by atoms with Gasteiger partial charge in [0.2, 0.25) is 5.91 Å². The summed E-state index contributed by atoms with van der Waals surface area (Å²) in [4.78, 5) is 12.5. The van der Waals surface area contributed by atoms with Crippen molar-refractivity contribution in [2.45, 2.75) is 379 Å². The summed E-state index contributed by atoms with van der Waals surface area (Å²) in [7, 11) is 0. The summed E-state index contributed by atoms with van der Waals surface area (Å²) in [5.41, 5.74) is 0. The number of unbranched alkanes of at least 4 members (excludes halogenated alkanes) is 49. The molecule has 1 amide bonds. The van der Waals surface area contributed by atoms with Gasteiger partial charge in [-0.25, -0.2) is 0 Å². The highest BCUT2D eigenvalue weighted by atomic mass is 16.3. The number of hydrogen-bond donors (Lipinski definition) is 3. The van der Waals surface area contributed by atoms with Gasteiger partial charge in [0.25, 0.3) is 0 Å². The van der Waals surface area contributed by atoms with Gasteiger partial charge in [-0.15, -0.1) is 0 Å². The molecule has 4 nitrogen and oxygen atoms in total. The van der Waals surface area contributed by atoms with Crippen LogP contribution in [0.5, 0.6) is 0 Å². The fraction of sp³-hybridized carbons (Fsp3) is 0.870. The van der Waals surface area contributed by atoms with Crippen LogP contribution < -0.4 is 5.32 Å². The van der Waals surface area contributed by atoms with Crippen LogP contribution in [-0.2, 0) is 4.79 Å². The van der Waals surface area contributed by atoms with Crippen molar-refractivity contribution >= 4 is 5.91 Å². The van der Waals surface area contributed by atoms with Crippen molar-refractivity contribution in [3.05, 3.63) is 48.6 Å². The summed E-state index contributed by atoms with van der Waals surface area (Å²) in [5, 5.41) is 23.2. The zero-order valence-corrected chi connectivity index (χ0v) is 49.7. The van der Waals surface area contributed by atoms with E-state index in [2.05, 4.69) is 55.6 Å². The van der Waals surface area contributed by atoms with Crippen molar-refractivity contribution in [3.63, 3.8) is 0 Å². The highest BCUT2D eigenvalue weighted by molar-refractivity contribution is 5.76. The van der Waals surface area contributed by atoms with Crippen LogP contribution in [0.25, 0.3) is 0 Å². The van der Waals surface area contributed by atoms with Gasteiger partial charge in [-0.2, -0.15) is 0 Å². The van der Waals surface area contributed by atoms with Crippen molar-refractivity contribution in [1.82, 2.24) is 5.32 Å². The van der Waals surface area contributed by atoms with Gasteiger partial charge < -0.3 is 15.5 Å². The molecule has 0 radical (unpaired) electrons. The average molecular weight is 1020 g/mol. The van der Waals surface area contributed by atoms with Gasteiger partial charge in [0.15, 0.2) is 0 Å². The van der Waals surface area contributed by atoms with Crippen molar-refractivity contribution < 1.29 is 15.0 Å². The Morgan fingerprint density at radius 1 is 0.329 bits per heavy atom. The number of allylic oxidation sites excluding steroid dienone is 7. The molecule has 0 fully saturated rings. The number of amides is 1. The van der Waals surface area contributed by atoms with E-state index >= 15 is 0 Å². The lowest BCUT2D eigenvalue weighted by Gasteiger charge is -2.19. The lowest BCUT2D eigenvalue weighted by atomic mass is 10.0. The van der Waals surface area contributed by atoms with E-state index in [0.717, 1.165) is 38.5 Å². The molecule has 0 spiro atoms. The zero-order valence-electron chi connectivity index (χ0n) is 49.7. The van der Waals surface area contributed by atoms with Crippen molar-refractivity contribution in [2.24, 2.45) is 0 Å². The molecule has 4 heteroatoms. The van der Waals surface area contributed by atoms with Crippen molar-refractivity contribution in [2.75, 3.05) is 6.61 Å². The van der Waals surface area contributed by atoms with Gasteiger partial charge in [-0.05, 0) is 64.2 Å². The minimum atomic E-state index is -0.863. The molecule has 0 aromatic carbocycles. The molecule has 0 saturated carbocycles. The van der Waals surface area contributed by atoms with E-state index in [4.69, 9.17) is 0 Å². The SMILES string of the molecule is CCCCCCC/C=C\C/C=C\CCCCCCCCCCCCCCCCCCCCCCCCCC(=O)NC(CO)C(O)/C=C/CC/C=C/CCCCCCCCCCCCCCCCCCCCCC. The molecule has 3 N–H and O–H groups in total. The van der Waals surface area contributed by atoms with Crippen LogP contribution in [0.3, 0.4) is 0 Å². The molecule has 0 aromatic rings. The van der Waals surface area contributed by atoms with E-state index in [1.807, 2.05) is 6.08 Å². The maximum Gasteiger partial charge on any atom is 0.220 e. The Hall–Kier alpha value is -1.65. The molecule has 0 rings (SSSR count). The first kappa shape index (κ1) is 71.3. The molecule has 73 heavy (non-hydrogen) atoms. The van der Waals surface area contributed by atoms with Crippen LogP contribution in [0.2, 0.25) is 0 Å². The monoisotopic (exact) mass is 1020 g/mol. The predicted octanol–water partition coefficient (Wildman–Crippen LogP) is 22.5. The fourth-order valence-corrected chi connectivity index (χ4v) is 10.5. The van der Waals surface area contributed by atoms with Crippen LogP contribution >= 0.6 is 0 Å². The molecule has 0 aliphatic rings. The zero-order chi connectivity index (χ0) is 52.7. The van der Waals surface area contributed by atoms with Crippen LogP contribution in [0.4, 0.5) is 0 Å². The van der Waals surface area contributed by atoms with Crippen LogP contribution in [0, 0.1) is 0 Å². The normalized spacial score (nSPS) is 13.0. The van der Waals surface area contributed by atoms with Gasteiger partial charge in [0.1, 0.15) is 0 Å². The molecule has 2 atom stereocenters. The largest absolute Gasteiger partial charge is 0.394 e. The maximum absolute atomic E-state index is 12.5. The third kappa shape index (κ3) is 61.1. The summed E-state index contributed by atoms with van der Waals surface area (Å²) in [5.74, 6) is -0.0668. The molecule has 0 aliphatic carbocycles. The molecule has 0 saturated heterocycles. The maximum atomic E-state index is 12.5. The minimum Gasteiger partial charge on any atom is -0.394 e. The number of aliphatic hydroxyl groups excluding tert-OH is 2. The highest BCUT2D eigenvalue weighted by Gasteiger charge is 2.18. The van der Waals surface area contributed by atoms with Crippen LogP contribution in [0.15, 0.2) is 48.6 Å². The second kappa shape index (κ2) is 64.6. The standard InChI is InChI=1S/C69H131NO3/c1-3-5-7-9-11-13-15-17-19-21-23-25-27-29-31-32-33-34-35-36-37-38-39-41-43-45-47-49-51-53-55-57-59-61-63-65-69(73)70-67(66-71)68(72)64-62-60-58-56-54-52-50-48-46-44-42-40-30-28-26-24-22-20-18-16-14-12-10-8-6-4-2/h15,17,21,23,54,56,62,64,67-68,71-72H,3-14,16,18-20,22,24-53,55,57-61,63,65-66H2,1-2H3,(H,70,73)/b17-15-,23-21-,56-54+,64-62+. The molecule has 0 aromatic heterocycles. The van der Waals surface area contributed by atoms with Crippen LogP contribution in [0.1, 0.15) is 367 Å². The minimum absolute atomic E-state index is 0.0668. The Morgan fingerprint density at radius 2 is 0.575 bits per heavy atom. The Morgan fingerprint density at radius 3 is 0.877 bits per heavy atom. The first-order valence-electron chi connectivity index (χ1n) is 33.4. The number of nitrogens with one attached hydrogen (secondary N) is 1. The average Bonchev–Trinajstić information content (AvgIpc) is 3.40. The summed E-state index contributed by atoms with van der Waals surface area (Å²) in [6, 6.07) is -0.640. The molecule has 0 heterocycles. The third-order valence-electron chi connectivity index (χ3n) is 15.5. The van der Waals surface area contributed by atoms with Crippen LogP contribution in [-0.4, -0.2) is 34.9 Å². The number of carbonyl (C=O) groups excluding carboxylic acids is 1. The quantitative estimate of drug-likeness (QED) is 0.0420. The van der Waals surface area contributed by atoms with E-state index < -0.39 is 12.1 Å². The van der Waals surface area contributed by atoms with Gasteiger partial charge in [0, 0.05) is 6.42 Å². The topological polar surface area (TPSA) is 69.6 Å². The lowest BCUT2D eigenvalue weighted by Crippen LogP contribution is -2.45. The molecule has 430 valence electrons. The molecule has 0 aliphatic heterocycles. The van der Waals surface area contributed by atoms with E-state index in [1.165, 1.54) is 308 Å². The third-order valence-corrected chi connectivity index (χ3v) is 15.5. The Balaban J connectivity index is 3.45. The summed E-state index contributed by atoms with van der Waals surface area (Å²) < 4.78 is 0. The van der Waals surface area contributed by atoms with Crippen molar-refractivity contribution in [3.8, 4) is 0 Å². The Kier molecular flexibility index (Phi) is 63.2. The molecule has 2 unspecified atom stereocenters. The number of carbonyl (C=O) groups is 1. The van der Waals surface area contributed by atoms with E-state index in [9.17, 15) is 15.0 Å². The highest BCUT2D eigenvalue weighted by Crippen LogP contribution is 2.18. The molecular weight excluding hydrogens is 891 g/mol. The number of hydrogen-bond acceptors (Lipinski definition) is 3. The second-order valence-corrected chi connectivity index (χ2v) is 22.9. The van der Waals surface area contributed by atoms with Gasteiger partial charge in [0.05, 0.1) is 18.8 Å². The van der Waals surface area contributed by atoms with Crippen molar-refractivity contribution in [1.29, 1.82) is 0 Å². The first-order valence-corrected chi connectivity index (χ1v) is 33.4. The smallest absolute Gasteiger partial charge is 0.220 e. The van der Waals surface area contributed by atoms with E-state index in [-0.39, 0.29) is 12.5 Å². The number of aliphatic hydroxyl groups is 2. The summed E-state index contributed by atoms with van der Waals surface area (Å²) >= 11 is 0. The lowest BCUT2D eigenvalue weighted by molar-refractivity contribution is -0.123. The fourth-order valence-electron chi connectivity index (χ4n) is 10.5. The van der Waals surface area contributed by atoms with Gasteiger partial charge in [-0.3, -0.25) is 4.79 Å². The number of rotatable bonds is 62. The van der Waals surface area contributed by atoms with E-state index in [1.54, 1.807) is 6.08 Å².